The van der Waals surface area contributed by atoms with Crippen LogP contribution in [0.2, 0.25) is 5.02 Å². The minimum Gasteiger partial charge on any atom is -0.335 e. The molecule has 0 radical (unpaired) electrons. The highest BCUT2D eigenvalue weighted by Crippen LogP contribution is 2.28. The Hall–Kier alpha value is -0.670. The molecule has 0 fully saturated rings. The molecule has 0 unspecified atom stereocenters. The summed E-state index contributed by atoms with van der Waals surface area (Å²) in [4.78, 5) is 4.54. The van der Waals surface area contributed by atoms with Crippen molar-refractivity contribution in [3.8, 4) is 0 Å². The van der Waals surface area contributed by atoms with Crippen LogP contribution in [0.25, 0.3) is 0 Å². The molecule has 0 saturated heterocycles. The molecule has 0 saturated carbocycles. The second kappa shape index (κ2) is 4.68. The molecule has 2 rings (SSSR count). The summed E-state index contributed by atoms with van der Waals surface area (Å²) < 4.78 is 0. The maximum absolute atomic E-state index is 5.83. The summed E-state index contributed by atoms with van der Waals surface area (Å²) in [5, 5.41) is 5.06. The standard InChI is InChI=1S/C12H15ClN2S/c1-12(2)7-14-11(16-8-12)15-10-5-3-9(13)4-6-10/h3-6H,7-8H2,1-2H3,(H,14,15). The lowest BCUT2D eigenvalue weighted by atomic mass is 9.97. The highest BCUT2D eigenvalue weighted by Gasteiger charge is 2.23. The van der Waals surface area contributed by atoms with E-state index in [0.29, 0.717) is 5.41 Å². The zero-order chi connectivity index (χ0) is 11.6. The van der Waals surface area contributed by atoms with Crippen molar-refractivity contribution in [1.82, 2.24) is 0 Å². The van der Waals surface area contributed by atoms with E-state index in [0.717, 1.165) is 28.2 Å². The second-order valence-corrected chi connectivity index (χ2v) is 6.11. The highest BCUT2D eigenvalue weighted by atomic mass is 35.5. The van der Waals surface area contributed by atoms with Crippen LogP contribution in [-0.4, -0.2) is 17.5 Å². The van der Waals surface area contributed by atoms with Crippen LogP contribution in [0.4, 0.5) is 5.69 Å². The quantitative estimate of drug-likeness (QED) is 0.823. The van der Waals surface area contributed by atoms with Crippen LogP contribution in [0, 0.1) is 5.41 Å². The van der Waals surface area contributed by atoms with Crippen LogP contribution in [0.5, 0.6) is 0 Å². The Labute approximate surface area is 105 Å². The van der Waals surface area contributed by atoms with E-state index in [9.17, 15) is 0 Å². The third-order valence-corrected chi connectivity index (χ3v) is 4.03. The molecule has 1 aliphatic rings. The highest BCUT2D eigenvalue weighted by molar-refractivity contribution is 8.14. The van der Waals surface area contributed by atoms with E-state index in [1.807, 2.05) is 24.3 Å². The van der Waals surface area contributed by atoms with Gasteiger partial charge < -0.3 is 5.32 Å². The molecule has 1 heterocycles. The molecular formula is C12H15ClN2S. The van der Waals surface area contributed by atoms with Crippen molar-refractivity contribution in [3.63, 3.8) is 0 Å². The van der Waals surface area contributed by atoms with E-state index in [4.69, 9.17) is 11.6 Å². The van der Waals surface area contributed by atoms with Crippen molar-refractivity contribution < 1.29 is 0 Å². The lowest BCUT2D eigenvalue weighted by molar-refractivity contribution is 0.438. The first-order valence-electron chi connectivity index (χ1n) is 5.25. The molecular weight excluding hydrogens is 240 g/mol. The number of thioether (sulfide) groups is 1. The minimum atomic E-state index is 0.315. The summed E-state index contributed by atoms with van der Waals surface area (Å²) >= 11 is 7.60. The van der Waals surface area contributed by atoms with Gasteiger partial charge in [0.2, 0.25) is 0 Å². The minimum absolute atomic E-state index is 0.315. The lowest BCUT2D eigenvalue weighted by Gasteiger charge is -2.27. The average molecular weight is 255 g/mol. The zero-order valence-corrected chi connectivity index (χ0v) is 11.0. The normalized spacial score (nSPS) is 19.1. The van der Waals surface area contributed by atoms with Gasteiger partial charge in [-0.2, -0.15) is 0 Å². The molecule has 1 aromatic carbocycles. The van der Waals surface area contributed by atoms with Crippen LogP contribution in [0.3, 0.4) is 0 Å². The summed E-state index contributed by atoms with van der Waals surface area (Å²) in [7, 11) is 0. The molecule has 1 N–H and O–H groups in total. The largest absolute Gasteiger partial charge is 0.335 e. The predicted octanol–water partition coefficient (Wildman–Crippen LogP) is 3.88. The van der Waals surface area contributed by atoms with E-state index in [-0.39, 0.29) is 0 Å². The number of amidine groups is 1. The number of nitrogens with zero attached hydrogens (tertiary/aromatic N) is 1. The Kier molecular flexibility index (Phi) is 3.45. The van der Waals surface area contributed by atoms with Gasteiger partial charge >= 0.3 is 0 Å². The summed E-state index contributed by atoms with van der Waals surface area (Å²) in [5.74, 6) is 1.10. The molecule has 2 nitrogen and oxygen atoms in total. The maximum atomic E-state index is 5.83. The molecule has 0 bridgehead atoms. The Morgan fingerprint density at radius 1 is 1.31 bits per heavy atom. The Bertz CT molecular complexity index is 398. The fraction of sp³-hybridized carbons (Fsp3) is 0.417. The number of benzene rings is 1. The van der Waals surface area contributed by atoms with Gasteiger partial charge in [0.15, 0.2) is 5.17 Å². The summed E-state index contributed by atoms with van der Waals surface area (Å²) in [5.41, 5.74) is 1.35. The topological polar surface area (TPSA) is 24.4 Å². The van der Waals surface area contributed by atoms with Crippen molar-refractivity contribution in [2.45, 2.75) is 13.8 Å². The van der Waals surface area contributed by atoms with Crippen LogP contribution >= 0.6 is 23.4 Å². The van der Waals surface area contributed by atoms with E-state index in [1.165, 1.54) is 0 Å². The number of hydrogen-bond acceptors (Lipinski definition) is 3. The van der Waals surface area contributed by atoms with Gasteiger partial charge in [-0.3, -0.25) is 4.99 Å². The van der Waals surface area contributed by atoms with Crippen molar-refractivity contribution >= 4 is 34.2 Å². The van der Waals surface area contributed by atoms with Gasteiger partial charge in [-0.1, -0.05) is 37.2 Å². The van der Waals surface area contributed by atoms with Crippen molar-refractivity contribution in [1.29, 1.82) is 0 Å². The second-order valence-electron chi connectivity index (χ2n) is 4.71. The monoisotopic (exact) mass is 254 g/mol. The van der Waals surface area contributed by atoms with Gasteiger partial charge in [0.25, 0.3) is 0 Å². The summed E-state index contributed by atoms with van der Waals surface area (Å²) in [6, 6.07) is 7.68. The van der Waals surface area contributed by atoms with Gasteiger partial charge in [-0.25, -0.2) is 0 Å². The molecule has 4 heteroatoms. The molecule has 16 heavy (non-hydrogen) atoms. The number of anilines is 1. The Morgan fingerprint density at radius 2 is 2.00 bits per heavy atom. The Morgan fingerprint density at radius 3 is 2.56 bits per heavy atom. The fourth-order valence-corrected chi connectivity index (χ4v) is 2.46. The fourth-order valence-electron chi connectivity index (χ4n) is 1.37. The molecule has 0 atom stereocenters. The number of rotatable bonds is 1. The van der Waals surface area contributed by atoms with Gasteiger partial charge in [0.05, 0.1) is 0 Å². The van der Waals surface area contributed by atoms with Crippen molar-refractivity contribution in [3.05, 3.63) is 29.3 Å². The van der Waals surface area contributed by atoms with Crippen LogP contribution in [0.1, 0.15) is 13.8 Å². The maximum Gasteiger partial charge on any atom is 0.161 e. The smallest absolute Gasteiger partial charge is 0.161 e. The Balaban J connectivity index is 2.01. The van der Waals surface area contributed by atoms with E-state index in [1.54, 1.807) is 11.8 Å². The number of nitrogens with one attached hydrogen (secondary N) is 1. The molecule has 0 amide bonds. The zero-order valence-electron chi connectivity index (χ0n) is 9.46. The third kappa shape index (κ3) is 3.16. The third-order valence-electron chi connectivity index (χ3n) is 2.35. The predicted molar refractivity (Wildman–Crippen MR) is 73.6 cm³/mol. The molecule has 86 valence electrons. The molecule has 1 aromatic rings. The first kappa shape index (κ1) is 11.8. The summed E-state index contributed by atoms with van der Waals surface area (Å²) in [6.45, 7) is 5.36. The van der Waals surface area contributed by atoms with Crippen LogP contribution in [0.15, 0.2) is 29.3 Å². The van der Waals surface area contributed by atoms with E-state index < -0.39 is 0 Å². The molecule has 0 spiro atoms. The van der Waals surface area contributed by atoms with Crippen molar-refractivity contribution in [2.24, 2.45) is 10.4 Å². The molecule has 0 aliphatic carbocycles. The average Bonchev–Trinajstić information content (AvgIpc) is 2.24. The number of halogens is 1. The van der Waals surface area contributed by atoms with E-state index in [2.05, 4.69) is 24.2 Å². The van der Waals surface area contributed by atoms with E-state index >= 15 is 0 Å². The SMILES string of the molecule is CC1(C)CN=C(Nc2ccc(Cl)cc2)SC1. The first-order chi connectivity index (χ1) is 7.55. The van der Waals surface area contributed by atoms with Crippen LogP contribution in [-0.2, 0) is 0 Å². The number of aliphatic imine (C=N–C) groups is 1. The van der Waals surface area contributed by atoms with Crippen molar-refractivity contribution in [2.75, 3.05) is 17.6 Å². The van der Waals surface area contributed by atoms with Crippen LogP contribution < -0.4 is 5.32 Å². The lowest BCUT2D eigenvalue weighted by Crippen LogP contribution is -2.27. The first-order valence-corrected chi connectivity index (χ1v) is 6.61. The number of hydrogen-bond donors (Lipinski definition) is 1. The van der Waals surface area contributed by atoms with Gasteiger partial charge in [-0.05, 0) is 29.7 Å². The van der Waals surface area contributed by atoms with Gasteiger partial charge in [-0.15, -0.1) is 0 Å². The van der Waals surface area contributed by atoms with Gasteiger partial charge in [0, 0.05) is 23.0 Å². The summed E-state index contributed by atoms with van der Waals surface area (Å²) in [6.07, 6.45) is 0. The molecule has 1 aliphatic heterocycles. The molecule has 0 aromatic heterocycles. The van der Waals surface area contributed by atoms with Gasteiger partial charge in [0.1, 0.15) is 0 Å².